The third-order valence-corrected chi connectivity index (χ3v) is 6.04. The zero-order valence-electron chi connectivity index (χ0n) is 20.3. The number of nitrogens with zero attached hydrogens (tertiary/aromatic N) is 4. The van der Waals surface area contributed by atoms with Crippen molar-refractivity contribution in [3.05, 3.63) is 23.3 Å². The molecule has 0 aliphatic carbocycles. The molecule has 0 saturated carbocycles. The van der Waals surface area contributed by atoms with E-state index in [2.05, 4.69) is 9.98 Å². The molecule has 208 valence electrons. The van der Waals surface area contributed by atoms with E-state index in [-0.39, 0.29) is 27.3 Å². The lowest BCUT2D eigenvalue weighted by Crippen LogP contribution is -2.58. The van der Waals surface area contributed by atoms with E-state index in [4.69, 9.17) is 24.2 Å². The van der Waals surface area contributed by atoms with E-state index in [1.807, 2.05) is 22.6 Å². The van der Waals surface area contributed by atoms with Gasteiger partial charge in [-0.25, -0.2) is 18.6 Å². The third-order valence-electron chi connectivity index (χ3n) is 5.39. The average molecular weight is 654 g/mol. The predicted octanol–water partition coefficient (Wildman–Crippen LogP) is 1.33. The first-order chi connectivity index (χ1) is 17.8. The Balaban J connectivity index is 1.71. The number of aliphatic hydroxyl groups excluding tert-OH is 4. The molecule has 1 fully saturated rings. The maximum Gasteiger partial charge on any atom is 0.511 e. The van der Waals surface area contributed by atoms with Crippen molar-refractivity contribution in [2.45, 2.75) is 57.0 Å². The van der Waals surface area contributed by atoms with E-state index < -0.39 is 73.0 Å². The van der Waals surface area contributed by atoms with Gasteiger partial charge in [-0.15, -0.1) is 0 Å². The maximum atomic E-state index is 15.0. The summed E-state index contributed by atoms with van der Waals surface area (Å²) < 4.78 is 50.8. The van der Waals surface area contributed by atoms with Crippen LogP contribution >= 0.6 is 22.6 Å². The van der Waals surface area contributed by atoms with Gasteiger partial charge >= 0.3 is 6.16 Å². The lowest BCUT2D eigenvalue weighted by molar-refractivity contribution is -0.287. The average Bonchev–Trinajstić information content (AvgIpc) is 3.26. The van der Waals surface area contributed by atoms with E-state index in [0.717, 1.165) is 6.07 Å². The van der Waals surface area contributed by atoms with Crippen LogP contribution in [0.15, 0.2) is 11.1 Å². The lowest BCUT2D eigenvalue weighted by Gasteiger charge is -2.37. The highest BCUT2D eigenvalue weighted by atomic mass is 127. The number of nitriles is 1. The molecule has 5 atom stereocenters. The number of aromatic nitrogens is 2. The van der Waals surface area contributed by atoms with E-state index in [9.17, 15) is 34.0 Å². The van der Waals surface area contributed by atoms with Gasteiger partial charge in [-0.2, -0.15) is 10.3 Å². The van der Waals surface area contributed by atoms with Crippen LogP contribution in [0, 0.1) is 23.0 Å². The summed E-state index contributed by atoms with van der Waals surface area (Å²) in [5.41, 5.74) is -1.89. The molecule has 0 unspecified atom stereocenters. The standard InChI is InChI=1S/C22H25F2IN4O9/c1-22(2,3)29-15-13(24)9(6-26)4-10(23)14(15)28-20(29)27-12(5-25)36-8-37-21(34)35-7-11-16(30)17(31)18(32)19(33)38-11/h4,11,16-19,30-33H,5,7-8H2,1-3H3/b27-12-/t11-,16-,17+,18-,19-/m1/s1. The SMILES string of the molecule is CC(C)(C)n1c(/N=C(/CI)OCOC(=O)OC[C@H]2O[C@@H](O)[C@H](O)[C@@H](O)[C@@H]2O)nc2c(F)cc(C#N)c(F)c21. The summed E-state index contributed by atoms with van der Waals surface area (Å²) in [5, 5.41) is 47.7. The van der Waals surface area contributed by atoms with Crippen LogP contribution in [-0.4, -0.2) is 90.6 Å². The van der Waals surface area contributed by atoms with E-state index >= 15 is 0 Å². The van der Waals surface area contributed by atoms with Crippen molar-refractivity contribution in [1.29, 1.82) is 5.26 Å². The molecule has 38 heavy (non-hydrogen) atoms. The molecule has 13 nitrogen and oxygen atoms in total. The number of benzene rings is 1. The highest BCUT2D eigenvalue weighted by Gasteiger charge is 2.43. The number of rotatable bonds is 6. The first-order valence-corrected chi connectivity index (χ1v) is 12.6. The molecule has 1 aromatic carbocycles. The number of fused-ring (bicyclic) bond motifs is 1. The summed E-state index contributed by atoms with van der Waals surface area (Å²) in [6.45, 7) is 3.82. The van der Waals surface area contributed by atoms with Crippen molar-refractivity contribution in [1.82, 2.24) is 9.55 Å². The second-order valence-corrected chi connectivity index (χ2v) is 9.85. The fraction of sp³-hybridized carbons (Fsp3) is 0.545. The van der Waals surface area contributed by atoms with Crippen LogP contribution in [0.25, 0.3) is 11.0 Å². The number of aliphatic hydroxyl groups is 4. The van der Waals surface area contributed by atoms with Crippen molar-refractivity contribution >= 4 is 51.6 Å². The minimum Gasteiger partial charge on any atom is -0.443 e. The number of hydrogen-bond acceptors (Lipinski definition) is 12. The summed E-state index contributed by atoms with van der Waals surface area (Å²) in [4.78, 5) is 20.2. The molecule has 3 rings (SSSR count). The van der Waals surface area contributed by atoms with E-state index in [1.165, 1.54) is 4.57 Å². The van der Waals surface area contributed by atoms with Crippen molar-refractivity contribution in [2.24, 2.45) is 4.99 Å². The maximum absolute atomic E-state index is 15.0. The summed E-state index contributed by atoms with van der Waals surface area (Å²) in [7, 11) is 0. The number of halogens is 3. The van der Waals surface area contributed by atoms with Crippen molar-refractivity contribution in [2.75, 3.05) is 17.8 Å². The Morgan fingerprint density at radius 3 is 2.50 bits per heavy atom. The van der Waals surface area contributed by atoms with Crippen molar-refractivity contribution < 1.29 is 52.9 Å². The second-order valence-electron chi connectivity index (χ2n) is 9.09. The van der Waals surface area contributed by atoms with Gasteiger partial charge in [0.2, 0.25) is 18.6 Å². The quantitative estimate of drug-likeness (QED) is 0.0879. The van der Waals surface area contributed by atoms with E-state index in [0.29, 0.717) is 0 Å². The highest BCUT2D eigenvalue weighted by molar-refractivity contribution is 14.1. The predicted molar refractivity (Wildman–Crippen MR) is 133 cm³/mol. The van der Waals surface area contributed by atoms with Gasteiger partial charge in [-0.3, -0.25) is 0 Å². The van der Waals surface area contributed by atoms with Gasteiger partial charge in [0.25, 0.3) is 0 Å². The smallest absolute Gasteiger partial charge is 0.443 e. The molecule has 0 spiro atoms. The van der Waals surface area contributed by atoms with Gasteiger partial charge in [0.1, 0.15) is 48.1 Å². The van der Waals surface area contributed by atoms with Crippen LogP contribution in [0.1, 0.15) is 26.3 Å². The topological polar surface area (TPSA) is 189 Å². The number of carbonyl (C=O) groups is 1. The largest absolute Gasteiger partial charge is 0.511 e. The van der Waals surface area contributed by atoms with Gasteiger partial charge in [-0.1, -0.05) is 22.6 Å². The molecular weight excluding hydrogens is 629 g/mol. The fourth-order valence-electron chi connectivity index (χ4n) is 3.57. The molecule has 1 saturated heterocycles. The Labute approximate surface area is 228 Å². The van der Waals surface area contributed by atoms with Gasteiger partial charge in [0.05, 0.1) is 9.99 Å². The van der Waals surface area contributed by atoms with Gasteiger partial charge in [-0.05, 0) is 26.8 Å². The molecular formula is C22H25F2IN4O9. The second kappa shape index (κ2) is 12.0. The summed E-state index contributed by atoms with van der Waals surface area (Å²) in [6.07, 6.45) is -9.49. The number of alkyl halides is 1. The summed E-state index contributed by atoms with van der Waals surface area (Å²) >= 11 is 1.89. The Morgan fingerprint density at radius 2 is 1.89 bits per heavy atom. The molecule has 0 radical (unpaired) electrons. The minimum absolute atomic E-state index is 0.0215. The normalized spacial score (nSPS) is 24.2. The van der Waals surface area contributed by atoms with Crippen molar-refractivity contribution in [3.63, 3.8) is 0 Å². The monoisotopic (exact) mass is 654 g/mol. The summed E-state index contributed by atoms with van der Waals surface area (Å²) in [6, 6.07) is 2.36. The van der Waals surface area contributed by atoms with E-state index in [1.54, 1.807) is 26.8 Å². The van der Waals surface area contributed by atoms with Crippen molar-refractivity contribution in [3.8, 4) is 6.07 Å². The Morgan fingerprint density at radius 1 is 1.21 bits per heavy atom. The minimum atomic E-state index is -1.80. The first-order valence-electron chi connectivity index (χ1n) is 11.0. The van der Waals surface area contributed by atoms with Gasteiger partial charge in [0.15, 0.2) is 17.9 Å². The molecule has 4 N–H and O–H groups in total. The molecule has 1 aromatic heterocycles. The molecule has 0 amide bonds. The number of hydrogen-bond donors (Lipinski definition) is 4. The molecule has 2 aromatic rings. The Hall–Kier alpha value is -2.69. The van der Waals surface area contributed by atoms with Gasteiger partial charge in [0, 0.05) is 5.54 Å². The molecule has 1 aliphatic heterocycles. The summed E-state index contributed by atoms with van der Waals surface area (Å²) in [5.74, 6) is -1.98. The van der Waals surface area contributed by atoms with Crippen LogP contribution in [0.2, 0.25) is 0 Å². The number of ether oxygens (including phenoxy) is 4. The fourth-order valence-corrected chi connectivity index (χ4v) is 3.96. The lowest BCUT2D eigenvalue weighted by atomic mass is 9.99. The first kappa shape index (κ1) is 29.9. The molecule has 1 aliphatic rings. The van der Waals surface area contributed by atoms with Crippen LogP contribution in [0.3, 0.4) is 0 Å². The van der Waals surface area contributed by atoms with Crippen LogP contribution < -0.4 is 0 Å². The molecule has 0 bridgehead atoms. The van der Waals surface area contributed by atoms with Crippen LogP contribution in [-0.2, 0) is 24.5 Å². The molecule has 2 heterocycles. The van der Waals surface area contributed by atoms with Gasteiger partial charge < -0.3 is 43.9 Å². The highest BCUT2D eigenvalue weighted by Crippen LogP contribution is 2.34. The third kappa shape index (κ3) is 6.30. The Kier molecular flexibility index (Phi) is 9.43. The van der Waals surface area contributed by atoms with Crippen LogP contribution in [0.5, 0.6) is 0 Å². The number of aliphatic imine (C=N–C) groups is 1. The zero-order valence-corrected chi connectivity index (χ0v) is 22.5. The van der Waals surface area contributed by atoms with Crippen LogP contribution in [0.4, 0.5) is 19.5 Å². The Bertz CT molecular complexity index is 1260. The number of imidazole rings is 1. The number of carbonyl (C=O) groups excluding carboxylic acids is 1. The zero-order chi connectivity index (χ0) is 28.4. The molecule has 16 heteroatoms.